The molecule has 2 aromatic carbocycles. The number of methoxy groups -OCH3 is 1. The van der Waals surface area contributed by atoms with Gasteiger partial charge in [0.25, 0.3) is 5.91 Å². The Labute approximate surface area is 162 Å². The van der Waals surface area contributed by atoms with E-state index in [0.717, 1.165) is 0 Å². The highest BCUT2D eigenvalue weighted by Crippen LogP contribution is 2.32. The predicted molar refractivity (Wildman–Crippen MR) is 100 cm³/mol. The SMILES string of the molecule is COCC1(C(=O)O)CCN(C(=O)c2cccc(Oc3ccc(Cl)cc3)c2)C1. The van der Waals surface area contributed by atoms with E-state index in [1.54, 1.807) is 53.4 Å². The van der Waals surface area contributed by atoms with Crippen molar-refractivity contribution in [2.75, 3.05) is 26.8 Å². The quantitative estimate of drug-likeness (QED) is 0.815. The monoisotopic (exact) mass is 389 g/mol. The molecule has 3 rings (SSSR count). The molecule has 1 aliphatic rings. The van der Waals surface area contributed by atoms with Crippen LogP contribution in [0.4, 0.5) is 0 Å². The molecule has 0 saturated carbocycles. The van der Waals surface area contributed by atoms with Crippen LogP contribution in [0.25, 0.3) is 0 Å². The summed E-state index contributed by atoms with van der Waals surface area (Å²) in [5, 5.41) is 10.2. The van der Waals surface area contributed by atoms with Crippen LogP contribution in [0.15, 0.2) is 48.5 Å². The molecule has 2 aromatic rings. The lowest BCUT2D eigenvalue weighted by atomic mass is 9.88. The maximum absolute atomic E-state index is 12.8. The van der Waals surface area contributed by atoms with Crippen LogP contribution in [-0.2, 0) is 9.53 Å². The van der Waals surface area contributed by atoms with Gasteiger partial charge >= 0.3 is 5.97 Å². The summed E-state index contributed by atoms with van der Waals surface area (Å²) in [6, 6.07) is 13.7. The van der Waals surface area contributed by atoms with E-state index in [2.05, 4.69) is 0 Å². The molecule has 1 fully saturated rings. The maximum atomic E-state index is 12.8. The fourth-order valence-electron chi connectivity index (χ4n) is 3.19. The summed E-state index contributed by atoms with van der Waals surface area (Å²) in [6.07, 6.45) is 0.364. The molecule has 0 aliphatic carbocycles. The van der Waals surface area contributed by atoms with E-state index in [4.69, 9.17) is 21.1 Å². The number of hydrogen-bond acceptors (Lipinski definition) is 4. The number of carboxylic acid groups (broad SMARTS) is 1. The van der Waals surface area contributed by atoms with Crippen molar-refractivity contribution >= 4 is 23.5 Å². The molecule has 1 N–H and O–H groups in total. The van der Waals surface area contributed by atoms with E-state index in [9.17, 15) is 14.7 Å². The third-order valence-electron chi connectivity index (χ3n) is 4.65. The predicted octanol–water partition coefficient (Wildman–Crippen LogP) is 3.70. The first-order valence-electron chi connectivity index (χ1n) is 8.49. The summed E-state index contributed by atoms with van der Waals surface area (Å²) >= 11 is 5.87. The molecular weight excluding hydrogens is 370 g/mol. The lowest BCUT2D eigenvalue weighted by molar-refractivity contribution is -0.151. The van der Waals surface area contributed by atoms with Gasteiger partial charge in [-0.3, -0.25) is 9.59 Å². The fraction of sp³-hybridized carbons (Fsp3) is 0.300. The van der Waals surface area contributed by atoms with Gasteiger partial charge < -0.3 is 19.5 Å². The molecule has 6 nitrogen and oxygen atoms in total. The first-order valence-corrected chi connectivity index (χ1v) is 8.86. The molecule has 1 heterocycles. The Bertz CT molecular complexity index is 839. The molecule has 142 valence electrons. The van der Waals surface area contributed by atoms with Gasteiger partial charge in [0.05, 0.1) is 6.61 Å². The van der Waals surface area contributed by atoms with E-state index in [-0.39, 0.29) is 19.1 Å². The number of carbonyl (C=O) groups is 2. The lowest BCUT2D eigenvalue weighted by Gasteiger charge is -2.23. The zero-order valence-electron chi connectivity index (χ0n) is 14.9. The second-order valence-electron chi connectivity index (χ2n) is 6.58. The number of halogens is 1. The Balaban J connectivity index is 1.74. The van der Waals surface area contributed by atoms with Gasteiger partial charge in [0.2, 0.25) is 0 Å². The summed E-state index contributed by atoms with van der Waals surface area (Å²) in [4.78, 5) is 26.0. The minimum atomic E-state index is -1.05. The van der Waals surface area contributed by atoms with Gasteiger partial charge in [-0.25, -0.2) is 0 Å². The molecule has 0 aromatic heterocycles. The van der Waals surface area contributed by atoms with Crippen molar-refractivity contribution in [3.05, 3.63) is 59.1 Å². The smallest absolute Gasteiger partial charge is 0.313 e. The molecule has 7 heteroatoms. The second-order valence-corrected chi connectivity index (χ2v) is 7.02. The first kappa shape index (κ1) is 19.2. The number of rotatable bonds is 6. The number of carboxylic acids is 1. The van der Waals surface area contributed by atoms with Crippen molar-refractivity contribution in [1.29, 1.82) is 0 Å². The molecule has 1 amide bonds. The third-order valence-corrected chi connectivity index (χ3v) is 4.90. The Morgan fingerprint density at radius 3 is 2.59 bits per heavy atom. The summed E-state index contributed by atoms with van der Waals surface area (Å²) in [5.41, 5.74) is -0.609. The molecule has 1 aliphatic heterocycles. The zero-order chi connectivity index (χ0) is 19.4. The van der Waals surface area contributed by atoms with Crippen molar-refractivity contribution in [2.24, 2.45) is 5.41 Å². The highest BCUT2D eigenvalue weighted by molar-refractivity contribution is 6.30. The number of likely N-dealkylation sites (tertiary alicyclic amines) is 1. The van der Waals surface area contributed by atoms with Crippen LogP contribution in [0.1, 0.15) is 16.8 Å². The minimum absolute atomic E-state index is 0.0752. The van der Waals surface area contributed by atoms with Crippen LogP contribution >= 0.6 is 11.6 Å². The minimum Gasteiger partial charge on any atom is -0.481 e. The molecule has 0 spiro atoms. The Hall–Kier alpha value is -2.57. The van der Waals surface area contributed by atoms with Gasteiger partial charge in [0, 0.05) is 30.8 Å². The standard InChI is InChI=1S/C20H20ClNO5/c1-26-13-20(19(24)25)9-10-22(12-20)18(23)14-3-2-4-17(11-14)27-16-7-5-15(21)6-8-16/h2-8,11H,9-10,12-13H2,1H3,(H,24,25). The third kappa shape index (κ3) is 4.23. The second kappa shape index (κ2) is 7.98. The van der Waals surface area contributed by atoms with Crippen molar-refractivity contribution in [3.8, 4) is 11.5 Å². The van der Waals surface area contributed by atoms with Gasteiger partial charge in [-0.15, -0.1) is 0 Å². The Morgan fingerprint density at radius 2 is 1.93 bits per heavy atom. The molecule has 0 bridgehead atoms. The lowest BCUT2D eigenvalue weighted by Crippen LogP contribution is -2.40. The van der Waals surface area contributed by atoms with E-state index in [1.165, 1.54) is 7.11 Å². The van der Waals surface area contributed by atoms with Gasteiger partial charge in [-0.05, 0) is 48.9 Å². The highest BCUT2D eigenvalue weighted by Gasteiger charge is 2.46. The Kier molecular flexibility index (Phi) is 5.68. The molecular formula is C20H20ClNO5. The topological polar surface area (TPSA) is 76.1 Å². The number of nitrogens with zero attached hydrogens (tertiary/aromatic N) is 1. The number of aliphatic carboxylic acids is 1. The normalized spacial score (nSPS) is 19.1. The molecule has 27 heavy (non-hydrogen) atoms. The summed E-state index contributed by atoms with van der Waals surface area (Å²) in [6.45, 7) is 0.569. The van der Waals surface area contributed by atoms with Gasteiger partial charge in [0.1, 0.15) is 16.9 Å². The van der Waals surface area contributed by atoms with Crippen LogP contribution in [0.5, 0.6) is 11.5 Å². The van der Waals surface area contributed by atoms with Crippen LogP contribution < -0.4 is 4.74 Å². The van der Waals surface area contributed by atoms with Crippen LogP contribution in [0.2, 0.25) is 5.02 Å². The number of ether oxygens (including phenoxy) is 2. The molecule has 1 unspecified atom stereocenters. The van der Waals surface area contributed by atoms with E-state index in [1.807, 2.05) is 0 Å². The summed E-state index contributed by atoms with van der Waals surface area (Å²) in [7, 11) is 1.47. The molecule has 1 saturated heterocycles. The highest BCUT2D eigenvalue weighted by atomic mass is 35.5. The van der Waals surface area contributed by atoms with Gasteiger partial charge in [-0.1, -0.05) is 17.7 Å². The first-order chi connectivity index (χ1) is 12.9. The van der Waals surface area contributed by atoms with Crippen molar-refractivity contribution < 1.29 is 24.2 Å². The number of hydrogen-bond donors (Lipinski definition) is 1. The Morgan fingerprint density at radius 1 is 1.19 bits per heavy atom. The van der Waals surface area contributed by atoms with E-state index < -0.39 is 11.4 Å². The molecule has 1 atom stereocenters. The zero-order valence-corrected chi connectivity index (χ0v) is 15.6. The van der Waals surface area contributed by atoms with E-state index >= 15 is 0 Å². The van der Waals surface area contributed by atoms with Crippen molar-refractivity contribution in [2.45, 2.75) is 6.42 Å². The number of benzene rings is 2. The fourth-order valence-corrected chi connectivity index (χ4v) is 3.32. The van der Waals surface area contributed by atoms with Crippen LogP contribution in [-0.4, -0.2) is 48.7 Å². The van der Waals surface area contributed by atoms with Gasteiger partial charge in [-0.2, -0.15) is 0 Å². The van der Waals surface area contributed by atoms with Crippen LogP contribution in [0, 0.1) is 5.41 Å². The number of amides is 1. The largest absolute Gasteiger partial charge is 0.481 e. The van der Waals surface area contributed by atoms with Gasteiger partial charge in [0.15, 0.2) is 0 Å². The maximum Gasteiger partial charge on any atom is 0.313 e. The summed E-state index contributed by atoms with van der Waals surface area (Å²) < 4.78 is 10.8. The number of carbonyl (C=O) groups excluding carboxylic acids is 1. The molecule has 0 radical (unpaired) electrons. The van der Waals surface area contributed by atoms with Crippen molar-refractivity contribution in [3.63, 3.8) is 0 Å². The average Bonchev–Trinajstić information content (AvgIpc) is 3.09. The van der Waals surface area contributed by atoms with Crippen LogP contribution in [0.3, 0.4) is 0 Å². The van der Waals surface area contributed by atoms with Crippen molar-refractivity contribution in [1.82, 2.24) is 4.90 Å². The summed E-state index contributed by atoms with van der Waals surface area (Å²) in [5.74, 6) is -0.0471. The van der Waals surface area contributed by atoms with E-state index in [0.29, 0.717) is 35.1 Å². The average molecular weight is 390 g/mol.